The van der Waals surface area contributed by atoms with Crippen molar-refractivity contribution in [2.24, 2.45) is 0 Å². The molecule has 0 saturated carbocycles. The van der Waals surface area contributed by atoms with Gasteiger partial charge in [-0.15, -0.1) is 10.2 Å². The fraction of sp³-hybridized carbons (Fsp3) is 0.250. The SMILES string of the molecule is CCCc1ccc2ccc(/C=C/c3ccc(CN4CCc5cccc(CCc6nn[nH]n6)c54)cc3)nc2c1. The molecule has 1 aliphatic rings. The number of benzene rings is 3. The van der Waals surface area contributed by atoms with Crippen LogP contribution in [0.4, 0.5) is 5.69 Å². The van der Waals surface area contributed by atoms with Gasteiger partial charge in [-0.3, -0.25) is 0 Å². The number of hydrogen-bond donors (Lipinski definition) is 1. The number of pyridine rings is 1. The number of tetrazole rings is 1. The van der Waals surface area contributed by atoms with Gasteiger partial charge in [0, 0.05) is 30.6 Å². The summed E-state index contributed by atoms with van der Waals surface area (Å²) in [6.45, 7) is 4.16. The van der Waals surface area contributed by atoms with Crippen LogP contribution < -0.4 is 4.90 Å². The maximum atomic E-state index is 4.87. The molecule has 0 unspecified atom stereocenters. The van der Waals surface area contributed by atoms with E-state index in [1.54, 1.807) is 0 Å². The van der Waals surface area contributed by atoms with Crippen LogP contribution in [0, 0.1) is 0 Å². The second kappa shape index (κ2) is 11.0. The molecule has 0 spiro atoms. The van der Waals surface area contributed by atoms with Crippen LogP contribution in [0.25, 0.3) is 23.1 Å². The quantitative estimate of drug-likeness (QED) is 0.260. The van der Waals surface area contributed by atoms with Gasteiger partial charge in [0.1, 0.15) is 0 Å². The summed E-state index contributed by atoms with van der Waals surface area (Å²) in [5.41, 5.74) is 10.1. The maximum Gasteiger partial charge on any atom is 0.174 e. The second-order valence-electron chi connectivity index (χ2n) is 10.0. The first-order valence-corrected chi connectivity index (χ1v) is 13.5. The summed E-state index contributed by atoms with van der Waals surface area (Å²) in [6, 6.07) is 26.4. The number of H-pyrrole nitrogens is 1. The van der Waals surface area contributed by atoms with Crippen molar-refractivity contribution in [2.45, 2.75) is 45.6 Å². The van der Waals surface area contributed by atoms with E-state index < -0.39 is 0 Å². The average molecular weight is 501 g/mol. The minimum Gasteiger partial charge on any atom is -0.366 e. The summed E-state index contributed by atoms with van der Waals surface area (Å²) < 4.78 is 0. The van der Waals surface area contributed by atoms with Gasteiger partial charge in [-0.2, -0.15) is 5.21 Å². The lowest BCUT2D eigenvalue weighted by Crippen LogP contribution is -2.21. The molecule has 0 fully saturated rings. The Labute approximate surface area is 223 Å². The Hall–Kier alpha value is -4.32. The predicted molar refractivity (Wildman–Crippen MR) is 154 cm³/mol. The predicted octanol–water partition coefficient (Wildman–Crippen LogP) is 6.22. The molecular formula is C32H32N6. The highest BCUT2D eigenvalue weighted by Crippen LogP contribution is 2.33. The van der Waals surface area contributed by atoms with E-state index >= 15 is 0 Å². The van der Waals surface area contributed by atoms with Crippen LogP contribution in [0.2, 0.25) is 0 Å². The van der Waals surface area contributed by atoms with Crippen molar-refractivity contribution in [1.29, 1.82) is 0 Å². The Morgan fingerprint density at radius 2 is 1.76 bits per heavy atom. The molecule has 6 heteroatoms. The van der Waals surface area contributed by atoms with Crippen LogP contribution >= 0.6 is 0 Å². The Morgan fingerprint density at radius 1 is 0.895 bits per heavy atom. The number of aromatic nitrogens is 5. The van der Waals surface area contributed by atoms with Crippen LogP contribution in [0.3, 0.4) is 0 Å². The third-order valence-corrected chi connectivity index (χ3v) is 7.29. The Bertz CT molecular complexity index is 1550. The fourth-order valence-corrected chi connectivity index (χ4v) is 5.37. The van der Waals surface area contributed by atoms with Crippen molar-refractivity contribution >= 4 is 28.7 Å². The van der Waals surface area contributed by atoms with Gasteiger partial charge < -0.3 is 4.90 Å². The summed E-state index contributed by atoms with van der Waals surface area (Å²) >= 11 is 0. The number of anilines is 1. The van der Waals surface area contributed by atoms with Crippen LogP contribution in [-0.2, 0) is 32.2 Å². The molecule has 38 heavy (non-hydrogen) atoms. The van der Waals surface area contributed by atoms with E-state index in [0.29, 0.717) is 0 Å². The first-order chi connectivity index (χ1) is 18.7. The number of nitrogens with one attached hydrogen (secondary N) is 1. The first-order valence-electron chi connectivity index (χ1n) is 13.5. The van der Waals surface area contributed by atoms with Gasteiger partial charge in [-0.1, -0.05) is 85.3 Å². The molecule has 3 heterocycles. The molecule has 0 radical (unpaired) electrons. The molecule has 6 nitrogen and oxygen atoms in total. The number of aromatic amines is 1. The van der Waals surface area contributed by atoms with Crippen molar-refractivity contribution in [3.8, 4) is 0 Å². The summed E-state index contributed by atoms with van der Waals surface area (Å²) in [4.78, 5) is 7.39. The van der Waals surface area contributed by atoms with Crippen molar-refractivity contribution in [1.82, 2.24) is 25.6 Å². The number of hydrogen-bond acceptors (Lipinski definition) is 5. The van der Waals surface area contributed by atoms with E-state index in [-0.39, 0.29) is 0 Å². The number of nitrogens with zero attached hydrogens (tertiary/aromatic N) is 5. The molecule has 5 aromatic rings. The van der Waals surface area contributed by atoms with Gasteiger partial charge in [-0.25, -0.2) is 4.98 Å². The third-order valence-electron chi connectivity index (χ3n) is 7.29. The van der Waals surface area contributed by atoms with Crippen LogP contribution in [0.15, 0.2) is 72.8 Å². The standard InChI is InChI=1S/C32H32N6/c1-2-4-24-11-13-26-14-17-29(33-30(26)21-24)16-12-23-7-9-25(10-8-23)22-38-20-19-28-6-3-5-27(32(28)38)15-18-31-34-36-37-35-31/h3,5-14,16-17,21H,2,4,15,18-20,22H2,1H3,(H,34,35,36,37)/b16-12+. The fourth-order valence-electron chi connectivity index (χ4n) is 5.37. The molecule has 2 aromatic heterocycles. The third kappa shape index (κ3) is 5.35. The van der Waals surface area contributed by atoms with Crippen molar-refractivity contribution < 1.29 is 0 Å². The monoisotopic (exact) mass is 500 g/mol. The van der Waals surface area contributed by atoms with Gasteiger partial charge in [0.25, 0.3) is 0 Å². The van der Waals surface area contributed by atoms with E-state index in [1.165, 1.54) is 38.9 Å². The smallest absolute Gasteiger partial charge is 0.174 e. The van der Waals surface area contributed by atoms with Crippen LogP contribution in [-0.4, -0.2) is 32.2 Å². The topological polar surface area (TPSA) is 70.6 Å². The van der Waals surface area contributed by atoms with Crippen LogP contribution in [0.1, 0.15) is 52.7 Å². The maximum absolute atomic E-state index is 4.87. The molecule has 0 amide bonds. The zero-order chi connectivity index (χ0) is 25.7. The zero-order valence-corrected chi connectivity index (χ0v) is 21.8. The Balaban J connectivity index is 1.13. The minimum atomic E-state index is 0.760. The van der Waals surface area contributed by atoms with Gasteiger partial charge in [0.05, 0.1) is 11.2 Å². The molecule has 190 valence electrons. The lowest BCUT2D eigenvalue weighted by molar-refractivity contribution is 0.819. The number of aryl methyl sites for hydroxylation is 3. The van der Waals surface area contributed by atoms with E-state index in [2.05, 4.69) is 117 Å². The van der Waals surface area contributed by atoms with E-state index in [1.807, 2.05) is 0 Å². The highest BCUT2D eigenvalue weighted by molar-refractivity contribution is 5.81. The average Bonchev–Trinajstić information content (AvgIpc) is 3.62. The van der Waals surface area contributed by atoms with Gasteiger partial charge >= 0.3 is 0 Å². The summed E-state index contributed by atoms with van der Waals surface area (Å²) in [5.74, 6) is 0.760. The Kier molecular flexibility index (Phi) is 6.94. The summed E-state index contributed by atoms with van der Waals surface area (Å²) in [6.07, 6.45) is 9.27. The minimum absolute atomic E-state index is 0.760. The number of para-hydroxylation sites is 1. The molecule has 0 bridgehead atoms. The van der Waals surface area contributed by atoms with Crippen molar-refractivity contribution in [2.75, 3.05) is 11.4 Å². The first kappa shape index (κ1) is 24.0. The van der Waals surface area contributed by atoms with Crippen LogP contribution in [0.5, 0.6) is 0 Å². The summed E-state index contributed by atoms with van der Waals surface area (Å²) in [5, 5.41) is 15.6. The summed E-state index contributed by atoms with van der Waals surface area (Å²) in [7, 11) is 0. The lowest BCUT2D eigenvalue weighted by Gasteiger charge is -2.22. The molecule has 0 atom stereocenters. The Morgan fingerprint density at radius 3 is 2.61 bits per heavy atom. The highest BCUT2D eigenvalue weighted by Gasteiger charge is 2.22. The number of fused-ring (bicyclic) bond motifs is 2. The largest absolute Gasteiger partial charge is 0.366 e. The highest BCUT2D eigenvalue weighted by atomic mass is 15.5. The van der Waals surface area contributed by atoms with E-state index in [4.69, 9.17) is 4.98 Å². The molecular weight excluding hydrogens is 468 g/mol. The number of rotatable bonds is 9. The van der Waals surface area contributed by atoms with Crippen molar-refractivity contribution in [3.63, 3.8) is 0 Å². The second-order valence-corrected chi connectivity index (χ2v) is 10.0. The molecule has 0 aliphatic carbocycles. The molecule has 1 aliphatic heterocycles. The molecule has 1 N–H and O–H groups in total. The van der Waals surface area contributed by atoms with Gasteiger partial charge in [0.15, 0.2) is 5.82 Å². The lowest BCUT2D eigenvalue weighted by atomic mass is 10.0. The zero-order valence-electron chi connectivity index (χ0n) is 21.8. The van der Waals surface area contributed by atoms with Gasteiger partial charge in [0.2, 0.25) is 0 Å². The molecule has 3 aromatic carbocycles. The molecule has 0 saturated heterocycles. The normalized spacial score (nSPS) is 13.0. The van der Waals surface area contributed by atoms with E-state index in [9.17, 15) is 0 Å². The van der Waals surface area contributed by atoms with Crippen molar-refractivity contribution in [3.05, 3.63) is 112 Å². The molecule has 6 rings (SSSR count). The van der Waals surface area contributed by atoms with E-state index in [0.717, 1.165) is 62.2 Å². The van der Waals surface area contributed by atoms with Gasteiger partial charge in [-0.05, 0) is 65.3 Å².